The molecule has 0 spiro atoms. The lowest BCUT2D eigenvalue weighted by molar-refractivity contribution is 0.0977. The van der Waals surface area contributed by atoms with Gasteiger partial charge in [0.05, 0.1) is 11.0 Å². The third-order valence-electron chi connectivity index (χ3n) is 4.84. The summed E-state index contributed by atoms with van der Waals surface area (Å²) in [6.45, 7) is 0. The first-order valence-electron chi connectivity index (χ1n) is 9.02. The van der Waals surface area contributed by atoms with Gasteiger partial charge in [0, 0.05) is 17.7 Å². The molecule has 134 valence electrons. The summed E-state index contributed by atoms with van der Waals surface area (Å²) in [6.07, 6.45) is 1.44. The Morgan fingerprint density at radius 2 is 1.59 bits per heavy atom. The second-order valence-electron chi connectivity index (χ2n) is 6.68. The maximum atomic E-state index is 12.4. The summed E-state index contributed by atoms with van der Waals surface area (Å²) in [7, 11) is 0. The summed E-state index contributed by atoms with van der Waals surface area (Å²) in [4.78, 5) is 12.9. The van der Waals surface area contributed by atoms with Crippen molar-refractivity contribution in [1.29, 1.82) is 0 Å². The number of hydrogen-bond acceptors (Lipinski definition) is 3. The fourth-order valence-electron chi connectivity index (χ4n) is 3.51. The van der Waals surface area contributed by atoms with Crippen molar-refractivity contribution in [3.8, 4) is 0 Å². The van der Waals surface area contributed by atoms with Gasteiger partial charge in [-0.05, 0) is 41.3 Å². The molecule has 0 saturated carbocycles. The zero-order valence-corrected chi connectivity index (χ0v) is 15.6. The number of amides is 1. The molecular weight excluding hydrogens is 352 g/mol. The maximum absolute atomic E-state index is 12.4. The summed E-state index contributed by atoms with van der Waals surface area (Å²) in [5.74, 6) is -0.164. The third-order valence-corrected chi connectivity index (χ3v) is 5.11. The molecule has 1 unspecified atom stereocenters. The first kappa shape index (κ1) is 17.4. The highest BCUT2D eigenvalue weighted by molar-refractivity contribution is 7.80. The molecule has 1 heterocycles. The minimum absolute atomic E-state index is 0.0217. The number of rotatable bonds is 3. The van der Waals surface area contributed by atoms with Gasteiger partial charge in [-0.15, -0.1) is 0 Å². The fraction of sp³-hybridized carbons (Fsp3) is 0.130. The van der Waals surface area contributed by atoms with Gasteiger partial charge in [-0.3, -0.25) is 4.79 Å². The second kappa shape index (κ2) is 7.72. The maximum Gasteiger partial charge on any atom is 0.256 e. The Balaban J connectivity index is 1.55. The largest absolute Gasteiger partial charge is 0.378 e. The molecule has 1 atom stereocenters. The first-order valence-corrected chi connectivity index (χ1v) is 9.43. The number of carbonyl (C=O) groups excluding carboxylic acids is 1. The highest BCUT2D eigenvalue weighted by atomic mass is 32.1. The van der Waals surface area contributed by atoms with Crippen LogP contribution >= 0.6 is 12.2 Å². The summed E-state index contributed by atoms with van der Waals surface area (Å²) >= 11 is 5.51. The number of thiocarbonyl (C=S) groups is 1. The van der Waals surface area contributed by atoms with Crippen LogP contribution < -0.4 is 10.6 Å². The average molecular weight is 372 g/mol. The van der Waals surface area contributed by atoms with Crippen molar-refractivity contribution in [2.75, 3.05) is 5.32 Å². The van der Waals surface area contributed by atoms with Crippen molar-refractivity contribution in [2.45, 2.75) is 18.9 Å². The summed E-state index contributed by atoms with van der Waals surface area (Å²) < 4.78 is 0. The summed E-state index contributed by atoms with van der Waals surface area (Å²) in [5.41, 5.74) is 5.52. The minimum Gasteiger partial charge on any atom is -0.378 e. The third kappa shape index (κ3) is 3.91. The Bertz CT molecular complexity index is 984. The van der Waals surface area contributed by atoms with Gasteiger partial charge in [0.15, 0.2) is 0 Å². The van der Waals surface area contributed by atoms with Gasteiger partial charge >= 0.3 is 0 Å². The molecule has 0 saturated heterocycles. The second-order valence-corrected chi connectivity index (χ2v) is 7.17. The summed E-state index contributed by atoms with van der Waals surface area (Å²) in [6, 6.07) is 25.9. The van der Waals surface area contributed by atoms with Crippen LogP contribution in [0.4, 0.5) is 5.69 Å². The average Bonchev–Trinajstić information content (AvgIpc) is 2.85. The highest BCUT2D eigenvalue weighted by Gasteiger charge is 2.22. The van der Waals surface area contributed by atoms with Crippen molar-refractivity contribution < 1.29 is 4.79 Å². The molecule has 0 aromatic heterocycles. The van der Waals surface area contributed by atoms with Gasteiger partial charge in [-0.1, -0.05) is 72.9 Å². The van der Waals surface area contributed by atoms with E-state index in [1.54, 1.807) is 12.1 Å². The molecule has 4 rings (SSSR count). The Labute approximate surface area is 164 Å². The van der Waals surface area contributed by atoms with Gasteiger partial charge in [0.2, 0.25) is 0 Å². The van der Waals surface area contributed by atoms with E-state index in [0.29, 0.717) is 17.0 Å². The van der Waals surface area contributed by atoms with Crippen LogP contribution in [0.15, 0.2) is 78.9 Å². The van der Waals surface area contributed by atoms with E-state index in [9.17, 15) is 4.79 Å². The zero-order valence-electron chi connectivity index (χ0n) is 14.8. The van der Waals surface area contributed by atoms with Crippen molar-refractivity contribution in [3.63, 3.8) is 0 Å². The normalized spacial score (nSPS) is 14.9. The van der Waals surface area contributed by atoms with Gasteiger partial charge < -0.3 is 10.6 Å². The molecule has 3 nitrogen and oxygen atoms in total. The first-order chi connectivity index (χ1) is 13.2. The van der Waals surface area contributed by atoms with Gasteiger partial charge in [0.1, 0.15) is 0 Å². The van der Waals surface area contributed by atoms with Crippen LogP contribution in [-0.2, 0) is 6.42 Å². The Morgan fingerprint density at radius 3 is 2.41 bits per heavy atom. The number of benzene rings is 3. The number of fused-ring (bicyclic) bond motifs is 2. The monoisotopic (exact) mass is 372 g/mol. The molecule has 0 radical (unpaired) electrons. The lowest BCUT2D eigenvalue weighted by Crippen LogP contribution is -2.31. The molecule has 3 aromatic rings. The number of para-hydroxylation sites is 1. The number of nitrogens with one attached hydrogen (secondary N) is 2. The van der Waals surface area contributed by atoms with E-state index in [2.05, 4.69) is 53.1 Å². The molecule has 27 heavy (non-hydrogen) atoms. The molecule has 1 aliphatic rings. The molecule has 1 amide bonds. The van der Waals surface area contributed by atoms with Crippen LogP contribution in [0.3, 0.4) is 0 Å². The molecule has 0 fully saturated rings. The van der Waals surface area contributed by atoms with E-state index in [-0.39, 0.29) is 11.9 Å². The van der Waals surface area contributed by atoms with E-state index in [0.717, 1.165) is 12.1 Å². The topological polar surface area (TPSA) is 41.1 Å². The van der Waals surface area contributed by atoms with Crippen molar-refractivity contribution in [3.05, 3.63) is 101 Å². The van der Waals surface area contributed by atoms with Gasteiger partial charge in [-0.25, -0.2) is 0 Å². The number of carbonyl (C=O) groups is 1. The van der Waals surface area contributed by atoms with Crippen LogP contribution in [0, 0.1) is 0 Å². The highest BCUT2D eigenvalue weighted by Crippen LogP contribution is 2.33. The van der Waals surface area contributed by atoms with E-state index >= 15 is 0 Å². The molecular formula is C23H20N2OS. The van der Waals surface area contributed by atoms with Gasteiger partial charge in [-0.2, -0.15) is 0 Å². The Hall–Kier alpha value is -2.98. The molecule has 3 aromatic carbocycles. The predicted molar refractivity (Wildman–Crippen MR) is 113 cm³/mol. The number of hydrogen-bond donors (Lipinski definition) is 2. The van der Waals surface area contributed by atoms with Crippen LogP contribution in [0.2, 0.25) is 0 Å². The molecule has 0 bridgehead atoms. The fourth-order valence-corrected chi connectivity index (χ4v) is 3.77. The van der Waals surface area contributed by atoms with E-state index in [1.807, 2.05) is 24.3 Å². The SMILES string of the molecule is O=C(NC(=S)CC1Nc2ccccc2Cc2ccccc21)c1ccccc1. The van der Waals surface area contributed by atoms with Crippen molar-refractivity contribution >= 4 is 28.8 Å². The predicted octanol–water partition coefficient (Wildman–Crippen LogP) is 4.89. The van der Waals surface area contributed by atoms with E-state index < -0.39 is 0 Å². The lowest BCUT2D eigenvalue weighted by atomic mass is 9.96. The Kier molecular flexibility index (Phi) is 4.99. The zero-order chi connectivity index (χ0) is 18.6. The van der Waals surface area contributed by atoms with Crippen LogP contribution in [-0.4, -0.2) is 10.9 Å². The number of anilines is 1. The minimum atomic E-state index is -0.164. The van der Waals surface area contributed by atoms with Crippen LogP contribution in [0.5, 0.6) is 0 Å². The van der Waals surface area contributed by atoms with Crippen molar-refractivity contribution in [1.82, 2.24) is 5.32 Å². The molecule has 0 aliphatic carbocycles. The van der Waals surface area contributed by atoms with Crippen LogP contribution in [0.1, 0.15) is 39.5 Å². The molecule has 2 N–H and O–H groups in total. The van der Waals surface area contributed by atoms with Crippen molar-refractivity contribution in [2.24, 2.45) is 0 Å². The summed E-state index contributed by atoms with van der Waals surface area (Å²) in [5, 5.41) is 6.49. The van der Waals surface area contributed by atoms with Crippen LogP contribution in [0.25, 0.3) is 0 Å². The standard InChI is InChI=1S/C23H20N2OS/c26-23(16-8-2-1-3-9-16)25-22(27)15-21-19-12-6-4-10-17(19)14-18-11-5-7-13-20(18)24-21/h1-13,21,24H,14-15H2,(H,25,26,27). The molecule has 4 heteroatoms. The molecule has 1 aliphatic heterocycles. The van der Waals surface area contributed by atoms with E-state index in [1.165, 1.54) is 16.7 Å². The lowest BCUT2D eigenvalue weighted by Gasteiger charge is -2.21. The quantitative estimate of drug-likeness (QED) is 0.643. The van der Waals surface area contributed by atoms with Gasteiger partial charge in [0.25, 0.3) is 5.91 Å². The van der Waals surface area contributed by atoms with E-state index in [4.69, 9.17) is 12.2 Å². The Morgan fingerprint density at radius 1 is 0.926 bits per heavy atom. The smallest absolute Gasteiger partial charge is 0.256 e.